The number of ketones is 2. The van der Waals surface area contributed by atoms with Gasteiger partial charge in [-0.3, -0.25) is 14.4 Å². The van der Waals surface area contributed by atoms with Gasteiger partial charge in [0.05, 0.1) is 17.4 Å². The molecule has 4 aliphatic rings. The normalized spacial score (nSPS) is 32.8. The minimum Gasteiger partial charge on any atom is -0.508 e. The van der Waals surface area contributed by atoms with Crippen LogP contribution in [0.1, 0.15) is 49.7 Å². The van der Waals surface area contributed by atoms with E-state index in [2.05, 4.69) is 0 Å². The number of amides is 1. The van der Waals surface area contributed by atoms with Crippen LogP contribution in [-0.2, 0) is 14.4 Å². The van der Waals surface area contributed by atoms with Gasteiger partial charge in [-0.15, -0.1) is 0 Å². The van der Waals surface area contributed by atoms with Crippen LogP contribution < -0.4 is 10.6 Å². The fraction of sp³-hybridized carbons (Fsp3) is 0.480. The van der Waals surface area contributed by atoms with Gasteiger partial charge < -0.3 is 36.2 Å². The number of carbonyl (C=O) groups excluding carboxylic acids is 3. The van der Waals surface area contributed by atoms with Crippen molar-refractivity contribution in [3.8, 4) is 5.75 Å². The average Bonchev–Trinajstić information content (AvgIpc) is 2.82. The molecule has 1 aromatic carbocycles. The van der Waals surface area contributed by atoms with Crippen LogP contribution >= 0.6 is 0 Å². The van der Waals surface area contributed by atoms with Gasteiger partial charge in [-0.25, -0.2) is 0 Å². The van der Waals surface area contributed by atoms with Gasteiger partial charge in [-0.05, 0) is 36.8 Å². The number of nitrogens with zero attached hydrogens (tertiary/aromatic N) is 1. The van der Waals surface area contributed by atoms with Crippen molar-refractivity contribution in [3.05, 3.63) is 40.2 Å². The van der Waals surface area contributed by atoms with Crippen molar-refractivity contribution in [2.24, 2.45) is 17.6 Å². The molecule has 35 heavy (non-hydrogen) atoms. The van der Waals surface area contributed by atoms with Gasteiger partial charge >= 0.3 is 0 Å². The Labute approximate surface area is 201 Å². The summed E-state index contributed by atoms with van der Waals surface area (Å²) in [4.78, 5) is 39.9. The lowest BCUT2D eigenvalue weighted by atomic mass is 9.55. The van der Waals surface area contributed by atoms with Crippen LogP contribution in [0.3, 0.4) is 0 Å². The Kier molecular flexibility index (Phi) is 5.22. The van der Waals surface area contributed by atoms with E-state index in [1.165, 1.54) is 0 Å². The number of fused-ring (bicyclic) bond motifs is 3. The fourth-order valence-electron chi connectivity index (χ4n) is 6.38. The molecule has 1 amide bonds. The highest BCUT2D eigenvalue weighted by atomic mass is 16.4. The second-order valence-corrected chi connectivity index (χ2v) is 9.93. The number of phenolic OH excluding ortho intramolecular Hbond substituents is 1. The van der Waals surface area contributed by atoms with E-state index in [0.717, 1.165) is 32.4 Å². The summed E-state index contributed by atoms with van der Waals surface area (Å²) in [6.45, 7) is 3.17. The lowest BCUT2D eigenvalue weighted by molar-refractivity contribution is -0.160. The maximum absolute atomic E-state index is 13.7. The number of carbonyl (C=O) groups is 3. The lowest BCUT2D eigenvalue weighted by Crippen LogP contribution is -2.63. The molecule has 186 valence electrons. The van der Waals surface area contributed by atoms with Gasteiger partial charge in [0.2, 0.25) is 5.78 Å². The second kappa shape index (κ2) is 7.82. The number of nitrogens with two attached hydrogens (primary N) is 1. The van der Waals surface area contributed by atoms with E-state index in [1.54, 1.807) is 19.1 Å². The molecule has 5 atom stereocenters. The van der Waals surface area contributed by atoms with E-state index in [0.29, 0.717) is 11.3 Å². The van der Waals surface area contributed by atoms with E-state index in [9.17, 15) is 39.9 Å². The van der Waals surface area contributed by atoms with Gasteiger partial charge in [0.25, 0.3) is 5.91 Å². The summed E-state index contributed by atoms with van der Waals surface area (Å²) in [5.41, 5.74) is 2.14. The smallest absolute Gasteiger partial charge is 0.255 e. The minimum atomic E-state index is -2.82. The Bertz CT molecular complexity index is 1230. The number of hydrogen-bond acceptors (Lipinski definition) is 9. The second-order valence-electron chi connectivity index (χ2n) is 9.93. The SMILES string of the molecule is CC1c2ccc(N3CCCCC3)c(O)c2C(O)=C2C(=O)C3(O)C(O)=C(C(N)=O)C(=O)CC3C(O)C21. The standard InChI is InChI=1S/C25H28N2O8/c1-10-11-5-6-13(27-7-3-2-4-8-27)20(30)16(11)21(31)18-15(10)19(29)12-9-14(28)17(24(26)34)22(32)25(12,35)23(18)33/h5-6,10,12,15,19,29-32,35H,2-4,7-9H2,1H3,(H2,26,34). The van der Waals surface area contributed by atoms with Crippen LogP contribution in [0.5, 0.6) is 5.75 Å². The molecule has 5 rings (SSSR count). The molecule has 3 aliphatic carbocycles. The molecule has 1 saturated carbocycles. The van der Waals surface area contributed by atoms with E-state index in [-0.39, 0.29) is 16.9 Å². The van der Waals surface area contributed by atoms with Gasteiger partial charge in [0.15, 0.2) is 11.4 Å². The zero-order valence-electron chi connectivity index (χ0n) is 19.2. The Hall–Kier alpha value is -3.37. The molecule has 1 aliphatic heterocycles. The highest BCUT2D eigenvalue weighted by Crippen LogP contribution is 2.56. The minimum absolute atomic E-state index is 0.0277. The van der Waals surface area contributed by atoms with Crippen molar-refractivity contribution in [3.63, 3.8) is 0 Å². The number of phenols is 1. The van der Waals surface area contributed by atoms with Gasteiger partial charge in [-0.2, -0.15) is 0 Å². The number of rotatable bonds is 2. The molecular weight excluding hydrogens is 456 g/mol. The molecule has 10 nitrogen and oxygen atoms in total. The monoisotopic (exact) mass is 484 g/mol. The third-order valence-corrected chi connectivity index (χ3v) is 8.18. The molecule has 0 bridgehead atoms. The van der Waals surface area contributed by atoms with Gasteiger partial charge in [0, 0.05) is 36.9 Å². The Balaban J connectivity index is 1.71. The Morgan fingerprint density at radius 3 is 2.40 bits per heavy atom. The topological polar surface area (TPSA) is 182 Å². The third kappa shape index (κ3) is 2.99. The van der Waals surface area contributed by atoms with Crippen molar-refractivity contribution in [2.75, 3.05) is 18.0 Å². The predicted molar refractivity (Wildman–Crippen MR) is 124 cm³/mol. The number of benzene rings is 1. The molecule has 5 unspecified atom stereocenters. The number of aliphatic hydroxyl groups is 4. The van der Waals surface area contributed by atoms with Crippen LogP contribution in [-0.4, -0.2) is 67.8 Å². The summed E-state index contributed by atoms with van der Waals surface area (Å²) in [5, 5.41) is 55.8. The largest absolute Gasteiger partial charge is 0.508 e. The maximum atomic E-state index is 13.7. The van der Waals surface area contributed by atoms with Crippen LogP contribution in [0.2, 0.25) is 0 Å². The number of hydrogen-bond donors (Lipinski definition) is 6. The summed E-state index contributed by atoms with van der Waals surface area (Å²) in [7, 11) is 0. The van der Waals surface area contributed by atoms with E-state index >= 15 is 0 Å². The highest BCUT2D eigenvalue weighted by molar-refractivity contribution is 6.23. The molecular formula is C25H28N2O8. The zero-order chi connectivity index (χ0) is 25.4. The molecule has 7 N–H and O–H groups in total. The molecule has 2 fully saturated rings. The van der Waals surface area contributed by atoms with Crippen LogP contribution in [0.25, 0.3) is 5.76 Å². The first-order valence-electron chi connectivity index (χ1n) is 11.8. The van der Waals surface area contributed by atoms with Crippen molar-refractivity contribution in [1.82, 2.24) is 0 Å². The summed E-state index contributed by atoms with van der Waals surface area (Å²) >= 11 is 0. The zero-order valence-corrected chi connectivity index (χ0v) is 19.2. The Morgan fingerprint density at radius 2 is 1.77 bits per heavy atom. The molecule has 10 heteroatoms. The summed E-state index contributed by atoms with van der Waals surface area (Å²) in [6.07, 6.45) is 0.869. The number of aromatic hydroxyl groups is 1. The highest BCUT2D eigenvalue weighted by Gasteiger charge is 2.64. The van der Waals surface area contributed by atoms with Crippen molar-refractivity contribution in [1.29, 1.82) is 0 Å². The number of piperidine rings is 1. The summed E-state index contributed by atoms with van der Waals surface area (Å²) in [5.74, 6) is -8.44. The molecule has 1 aromatic rings. The van der Waals surface area contributed by atoms with E-state index in [4.69, 9.17) is 5.73 Å². The quantitative estimate of drug-likeness (QED) is 0.333. The number of aliphatic hydroxyl groups excluding tert-OH is 3. The molecule has 0 aromatic heterocycles. The number of primary amides is 1. The first kappa shape index (κ1) is 23.4. The maximum Gasteiger partial charge on any atom is 0.255 e. The first-order valence-corrected chi connectivity index (χ1v) is 11.8. The number of Topliss-reactive ketones (excluding diaryl/α,β-unsaturated/α-hetero) is 2. The van der Waals surface area contributed by atoms with E-state index in [1.807, 2.05) is 4.90 Å². The summed E-state index contributed by atoms with van der Waals surface area (Å²) < 4.78 is 0. The van der Waals surface area contributed by atoms with Crippen molar-refractivity contribution in [2.45, 2.75) is 50.2 Å². The van der Waals surface area contributed by atoms with Gasteiger partial charge in [0.1, 0.15) is 22.8 Å². The average molecular weight is 485 g/mol. The molecule has 0 spiro atoms. The van der Waals surface area contributed by atoms with Crippen molar-refractivity contribution >= 4 is 28.9 Å². The fourth-order valence-corrected chi connectivity index (χ4v) is 6.38. The van der Waals surface area contributed by atoms with Crippen LogP contribution in [0, 0.1) is 11.8 Å². The molecule has 0 radical (unpaired) electrons. The van der Waals surface area contributed by atoms with Gasteiger partial charge in [-0.1, -0.05) is 13.0 Å². The van der Waals surface area contributed by atoms with E-state index < -0.39 is 70.4 Å². The Morgan fingerprint density at radius 1 is 1.11 bits per heavy atom. The van der Waals surface area contributed by atoms with Crippen LogP contribution in [0.4, 0.5) is 5.69 Å². The lowest BCUT2D eigenvalue weighted by Gasteiger charge is -2.50. The first-order chi connectivity index (χ1) is 16.5. The molecule has 1 saturated heterocycles. The third-order valence-electron chi connectivity index (χ3n) is 8.18. The summed E-state index contributed by atoms with van der Waals surface area (Å²) in [6, 6.07) is 3.49. The molecule has 1 heterocycles. The van der Waals surface area contributed by atoms with Crippen LogP contribution in [0.15, 0.2) is 29.0 Å². The van der Waals surface area contributed by atoms with Crippen molar-refractivity contribution < 1.29 is 39.9 Å². The number of anilines is 1. The predicted octanol–water partition coefficient (Wildman–Crippen LogP) is 0.946.